The van der Waals surface area contributed by atoms with Crippen molar-refractivity contribution in [2.45, 2.75) is 31.9 Å². The van der Waals surface area contributed by atoms with Gasteiger partial charge >= 0.3 is 6.18 Å². The number of nitrogens with two attached hydrogens (primary N) is 1. The van der Waals surface area contributed by atoms with E-state index in [-0.39, 0.29) is 25.4 Å². The Morgan fingerprint density at radius 1 is 1.41 bits per heavy atom. The molecule has 1 heterocycles. The normalized spacial score (nSPS) is 28.0. The zero-order chi connectivity index (χ0) is 12.7. The summed E-state index contributed by atoms with van der Waals surface area (Å²) < 4.78 is 37.8. The number of halogens is 3. The number of nitrogens with zero attached hydrogens (tertiary/aromatic N) is 1. The molecule has 2 N–H and O–H groups in total. The van der Waals surface area contributed by atoms with E-state index in [4.69, 9.17) is 5.73 Å². The number of hydrogen-bond acceptors (Lipinski definition) is 2. The molecule has 0 aromatic heterocycles. The summed E-state index contributed by atoms with van der Waals surface area (Å²) in [6.07, 6.45) is -2.21. The van der Waals surface area contributed by atoms with Crippen molar-refractivity contribution in [2.24, 2.45) is 17.1 Å². The van der Waals surface area contributed by atoms with Crippen LogP contribution in [-0.4, -0.2) is 36.6 Å². The van der Waals surface area contributed by atoms with E-state index in [2.05, 4.69) is 0 Å². The molecule has 3 nitrogen and oxygen atoms in total. The fourth-order valence-electron chi connectivity index (χ4n) is 2.42. The quantitative estimate of drug-likeness (QED) is 0.807. The fraction of sp³-hybridized carbons (Fsp3) is 0.909. The number of likely N-dealkylation sites (tertiary alicyclic amines) is 1. The lowest BCUT2D eigenvalue weighted by atomic mass is 9.95. The number of amides is 1. The molecule has 0 spiro atoms. The number of piperidine rings is 1. The Kier molecular flexibility index (Phi) is 3.10. The van der Waals surface area contributed by atoms with Crippen LogP contribution in [-0.2, 0) is 4.79 Å². The van der Waals surface area contributed by atoms with Gasteiger partial charge in [0.25, 0.3) is 0 Å². The lowest BCUT2D eigenvalue weighted by Gasteiger charge is -2.35. The molecule has 6 heteroatoms. The highest BCUT2D eigenvalue weighted by Crippen LogP contribution is 2.47. The Labute approximate surface area is 98.1 Å². The summed E-state index contributed by atoms with van der Waals surface area (Å²) in [6, 6.07) is 0. The Bertz CT molecular complexity index is 312. The zero-order valence-electron chi connectivity index (χ0n) is 9.59. The number of carbonyl (C=O) groups excluding carboxylic acids is 1. The van der Waals surface area contributed by atoms with Crippen molar-refractivity contribution < 1.29 is 18.0 Å². The van der Waals surface area contributed by atoms with Crippen LogP contribution in [0, 0.1) is 11.3 Å². The lowest BCUT2D eigenvalue weighted by Crippen LogP contribution is -2.48. The first-order chi connectivity index (χ1) is 7.89. The highest BCUT2D eigenvalue weighted by Gasteiger charge is 2.52. The number of carbonyl (C=O) groups is 1. The van der Waals surface area contributed by atoms with Crippen LogP contribution < -0.4 is 5.73 Å². The average Bonchev–Trinajstić information content (AvgIpc) is 3.08. The fourth-order valence-corrected chi connectivity index (χ4v) is 2.42. The van der Waals surface area contributed by atoms with E-state index in [1.807, 2.05) is 0 Å². The second-order valence-electron chi connectivity index (χ2n) is 5.12. The number of hydrogen-bond donors (Lipinski definition) is 1. The van der Waals surface area contributed by atoms with Crippen LogP contribution >= 0.6 is 0 Å². The highest BCUT2D eigenvalue weighted by atomic mass is 19.4. The van der Waals surface area contributed by atoms with E-state index in [1.165, 1.54) is 4.90 Å². The van der Waals surface area contributed by atoms with E-state index in [1.54, 1.807) is 0 Å². The first kappa shape index (κ1) is 12.7. The molecule has 1 aliphatic heterocycles. The van der Waals surface area contributed by atoms with Crippen molar-refractivity contribution in [1.82, 2.24) is 4.90 Å². The van der Waals surface area contributed by atoms with Gasteiger partial charge in [-0.1, -0.05) is 0 Å². The van der Waals surface area contributed by atoms with Crippen molar-refractivity contribution in [3.8, 4) is 0 Å². The van der Waals surface area contributed by atoms with Gasteiger partial charge in [0.1, 0.15) is 0 Å². The molecule has 2 rings (SSSR count). The van der Waals surface area contributed by atoms with Crippen LogP contribution in [0.25, 0.3) is 0 Å². The van der Waals surface area contributed by atoms with Gasteiger partial charge in [0.2, 0.25) is 5.91 Å². The molecule has 0 bridgehead atoms. The van der Waals surface area contributed by atoms with Gasteiger partial charge in [0.05, 0.1) is 11.3 Å². The largest absolute Gasteiger partial charge is 0.393 e. The Balaban J connectivity index is 2.00. The van der Waals surface area contributed by atoms with Crippen LogP contribution in [0.1, 0.15) is 25.7 Å². The minimum absolute atomic E-state index is 0.128. The van der Waals surface area contributed by atoms with E-state index in [9.17, 15) is 18.0 Å². The monoisotopic (exact) mass is 250 g/mol. The summed E-state index contributed by atoms with van der Waals surface area (Å²) in [7, 11) is 0. The molecule has 1 amide bonds. The maximum Gasteiger partial charge on any atom is 0.393 e. The molecule has 1 saturated carbocycles. The van der Waals surface area contributed by atoms with Crippen molar-refractivity contribution in [2.75, 3.05) is 19.6 Å². The molecule has 1 unspecified atom stereocenters. The molecule has 1 aliphatic carbocycles. The molecule has 2 aliphatic rings. The molecular formula is C11H17F3N2O. The molecule has 98 valence electrons. The van der Waals surface area contributed by atoms with Gasteiger partial charge in [-0.3, -0.25) is 4.79 Å². The van der Waals surface area contributed by atoms with Gasteiger partial charge in [-0.25, -0.2) is 0 Å². The zero-order valence-corrected chi connectivity index (χ0v) is 9.59. The molecule has 2 fully saturated rings. The smallest absolute Gasteiger partial charge is 0.342 e. The van der Waals surface area contributed by atoms with Gasteiger partial charge in [-0.15, -0.1) is 0 Å². The summed E-state index contributed by atoms with van der Waals surface area (Å²) in [5, 5.41) is 0. The van der Waals surface area contributed by atoms with E-state index >= 15 is 0 Å². The van der Waals surface area contributed by atoms with Crippen LogP contribution in [0.15, 0.2) is 0 Å². The van der Waals surface area contributed by atoms with Crippen LogP contribution in [0.4, 0.5) is 13.2 Å². The Morgan fingerprint density at radius 3 is 2.53 bits per heavy atom. The minimum atomic E-state index is -4.20. The molecular weight excluding hydrogens is 233 g/mol. The molecule has 1 atom stereocenters. The standard InChI is InChI=1S/C11H17F3N2O/c12-11(13,14)8-2-1-5-16(6-8)9(17)10(7-15)3-4-10/h8H,1-7,15H2. The van der Waals surface area contributed by atoms with Gasteiger partial charge in [0, 0.05) is 19.6 Å². The second kappa shape index (κ2) is 4.15. The van der Waals surface area contributed by atoms with Crippen molar-refractivity contribution in [3.63, 3.8) is 0 Å². The van der Waals surface area contributed by atoms with E-state index in [0.717, 1.165) is 12.8 Å². The first-order valence-corrected chi connectivity index (χ1v) is 5.95. The Morgan fingerprint density at radius 2 is 2.06 bits per heavy atom. The van der Waals surface area contributed by atoms with Crippen molar-refractivity contribution in [3.05, 3.63) is 0 Å². The van der Waals surface area contributed by atoms with Crippen molar-refractivity contribution >= 4 is 5.91 Å². The van der Waals surface area contributed by atoms with Crippen LogP contribution in [0.5, 0.6) is 0 Å². The molecule has 0 aromatic rings. The molecule has 0 aromatic carbocycles. The van der Waals surface area contributed by atoms with Gasteiger partial charge in [-0.2, -0.15) is 13.2 Å². The second-order valence-corrected chi connectivity index (χ2v) is 5.12. The molecule has 0 radical (unpaired) electrons. The highest BCUT2D eigenvalue weighted by molar-refractivity contribution is 5.85. The van der Waals surface area contributed by atoms with E-state index in [0.29, 0.717) is 13.0 Å². The lowest BCUT2D eigenvalue weighted by molar-refractivity contribution is -0.188. The van der Waals surface area contributed by atoms with Crippen LogP contribution in [0.3, 0.4) is 0 Å². The topological polar surface area (TPSA) is 46.3 Å². The third-order valence-corrected chi connectivity index (χ3v) is 3.87. The maximum absolute atomic E-state index is 12.6. The summed E-state index contributed by atoms with van der Waals surface area (Å²) in [5.41, 5.74) is 4.99. The third-order valence-electron chi connectivity index (χ3n) is 3.87. The Hall–Kier alpha value is -0.780. The van der Waals surface area contributed by atoms with Crippen LogP contribution in [0.2, 0.25) is 0 Å². The first-order valence-electron chi connectivity index (χ1n) is 5.95. The SMILES string of the molecule is NCC1(C(=O)N2CCCC(C(F)(F)F)C2)CC1. The van der Waals surface area contributed by atoms with Gasteiger partial charge < -0.3 is 10.6 Å². The summed E-state index contributed by atoms with van der Waals surface area (Å²) >= 11 is 0. The molecule has 1 saturated heterocycles. The number of alkyl halides is 3. The summed E-state index contributed by atoms with van der Waals surface area (Å²) in [6.45, 7) is 0.496. The van der Waals surface area contributed by atoms with Gasteiger partial charge in [0.15, 0.2) is 0 Å². The number of rotatable bonds is 2. The summed E-state index contributed by atoms with van der Waals surface area (Å²) in [4.78, 5) is 13.4. The molecule has 17 heavy (non-hydrogen) atoms. The predicted molar refractivity (Wildman–Crippen MR) is 56.1 cm³/mol. The third kappa shape index (κ3) is 2.41. The van der Waals surface area contributed by atoms with E-state index < -0.39 is 17.5 Å². The predicted octanol–water partition coefficient (Wildman–Crippen LogP) is 1.53. The minimum Gasteiger partial charge on any atom is -0.342 e. The van der Waals surface area contributed by atoms with Crippen molar-refractivity contribution in [1.29, 1.82) is 0 Å². The van der Waals surface area contributed by atoms with Gasteiger partial charge in [-0.05, 0) is 25.7 Å². The maximum atomic E-state index is 12.6. The average molecular weight is 250 g/mol. The summed E-state index contributed by atoms with van der Waals surface area (Å²) in [5.74, 6) is -1.54.